The molecule has 3 amide bonds. The predicted octanol–water partition coefficient (Wildman–Crippen LogP) is 1.02. The van der Waals surface area contributed by atoms with Gasteiger partial charge in [0.2, 0.25) is 5.54 Å². The van der Waals surface area contributed by atoms with Crippen molar-refractivity contribution in [2.24, 2.45) is 0 Å². The number of halogens is 3. The number of alkyl halides is 3. The molecular weight excluding hydrogens is 253 g/mol. The molecule has 8 heteroatoms. The summed E-state index contributed by atoms with van der Waals surface area (Å²) in [5, 5.41) is 10.2. The summed E-state index contributed by atoms with van der Waals surface area (Å²) in [6.45, 7) is 0.553. The van der Waals surface area contributed by atoms with E-state index in [0.717, 1.165) is 0 Å². The van der Waals surface area contributed by atoms with E-state index in [1.807, 2.05) is 0 Å². The average Bonchev–Trinajstić information content (AvgIpc) is 2.47. The van der Waals surface area contributed by atoms with E-state index in [4.69, 9.17) is 5.11 Å². The zero-order chi connectivity index (χ0) is 14.0. The van der Waals surface area contributed by atoms with Crippen LogP contribution >= 0.6 is 0 Å². The van der Waals surface area contributed by atoms with Crippen LogP contribution in [0, 0.1) is 0 Å². The van der Waals surface area contributed by atoms with Crippen LogP contribution in [0.15, 0.2) is 0 Å². The molecule has 0 aromatic heterocycles. The number of carbonyl (C=O) groups is 2. The summed E-state index contributed by atoms with van der Waals surface area (Å²) >= 11 is 0. The van der Waals surface area contributed by atoms with Gasteiger partial charge in [0.15, 0.2) is 0 Å². The maximum Gasteiger partial charge on any atom is 0.420 e. The summed E-state index contributed by atoms with van der Waals surface area (Å²) in [5.41, 5.74) is -2.83. The molecule has 0 radical (unpaired) electrons. The normalized spacial score (nSPS) is 24.6. The Labute approximate surface area is 102 Å². The van der Waals surface area contributed by atoms with Gasteiger partial charge in [-0.15, -0.1) is 0 Å². The molecule has 0 aliphatic carbocycles. The highest BCUT2D eigenvalue weighted by molar-refractivity contribution is 6.07. The van der Waals surface area contributed by atoms with Gasteiger partial charge in [-0.25, -0.2) is 4.79 Å². The molecule has 1 rings (SSSR count). The Bertz CT molecular complexity index is 346. The van der Waals surface area contributed by atoms with Crippen molar-refractivity contribution in [3.8, 4) is 0 Å². The zero-order valence-corrected chi connectivity index (χ0v) is 9.88. The number of unbranched alkanes of at least 4 members (excludes halogenated alkanes) is 2. The summed E-state index contributed by atoms with van der Waals surface area (Å²) in [4.78, 5) is 23.6. The summed E-state index contributed by atoms with van der Waals surface area (Å²) < 4.78 is 38.1. The number of nitrogens with one attached hydrogen (secondary N) is 1. The van der Waals surface area contributed by atoms with Crippen molar-refractivity contribution in [3.63, 3.8) is 0 Å². The van der Waals surface area contributed by atoms with Gasteiger partial charge in [-0.2, -0.15) is 13.2 Å². The summed E-state index contributed by atoms with van der Waals surface area (Å²) in [7, 11) is 0. The first kappa shape index (κ1) is 14.7. The lowest BCUT2D eigenvalue weighted by Gasteiger charge is -2.24. The van der Waals surface area contributed by atoms with Gasteiger partial charge in [0.05, 0.1) is 0 Å². The highest BCUT2D eigenvalue weighted by Gasteiger charge is 2.64. The third kappa shape index (κ3) is 2.58. The molecule has 0 spiro atoms. The van der Waals surface area contributed by atoms with Gasteiger partial charge in [0, 0.05) is 13.2 Å². The summed E-state index contributed by atoms with van der Waals surface area (Å²) in [6, 6.07) is -1.02. The molecule has 1 unspecified atom stereocenters. The van der Waals surface area contributed by atoms with Crippen molar-refractivity contribution in [2.45, 2.75) is 37.9 Å². The van der Waals surface area contributed by atoms with E-state index >= 15 is 0 Å². The molecular formula is C10H15F3N2O3. The molecule has 1 aliphatic heterocycles. The number of aliphatic hydroxyl groups is 1. The van der Waals surface area contributed by atoms with Gasteiger partial charge >= 0.3 is 12.2 Å². The van der Waals surface area contributed by atoms with Crippen LogP contribution in [0.25, 0.3) is 0 Å². The van der Waals surface area contributed by atoms with Gasteiger partial charge in [0.25, 0.3) is 5.91 Å². The molecule has 0 aromatic carbocycles. The lowest BCUT2D eigenvalue weighted by molar-refractivity contribution is -0.191. The molecule has 2 N–H and O–H groups in total. The SMILES string of the molecule is CC1(C(F)(F)F)NC(=O)N(CCCCCO)C1=O. The lowest BCUT2D eigenvalue weighted by atomic mass is 10.0. The largest absolute Gasteiger partial charge is 0.420 e. The fourth-order valence-corrected chi connectivity index (χ4v) is 1.65. The van der Waals surface area contributed by atoms with Crippen molar-refractivity contribution in [2.75, 3.05) is 13.2 Å². The van der Waals surface area contributed by atoms with E-state index in [1.165, 1.54) is 0 Å². The summed E-state index contributed by atoms with van der Waals surface area (Å²) in [5.74, 6) is -1.27. The Morgan fingerprint density at radius 2 is 1.89 bits per heavy atom. The van der Waals surface area contributed by atoms with Crippen LogP contribution in [0.5, 0.6) is 0 Å². The Morgan fingerprint density at radius 3 is 2.33 bits per heavy atom. The van der Waals surface area contributed by atoms with E-state index in [0.29, 0.717) is 31.1 Å². The maximum atomic E-state index is 12.7. The molecule has 5 nitrogen and oxygen atoms in total. The minimum Gasteiger partial charge on any atom is -0.396 e. The molecule has 1 saturated heterocycles. The van der Waals surface area contributed by atoms with Crippen molar-refractivity contribution in [1.29, 1.82) is 0 Å². The van der Waals surface area contributed by atoms with Gasteiger partial charge in [-0.1, -0.05) is 0 Å². The van der Waals surface area contributed by atoms with Crippen LogP contribution in [0.1, 0.15) is 26.2 Å². The minimum atomic E-state index is -4.82. The topological polar surface area (TPSA) is 69.6 Å². The van der Waals surface area contributed by atoms with Crippen molar-refractivity contribution in [3.05, 3.63) is 0 Å². The highest BCUT2D eigenvalue weighted by atomic mass is 19.4. The molecule has 1 aliphatic rings. The molecule has 1 heterocycles. The second-order valence-corrected chi connectivity index (χ2v) is 4.29. The van der Waals surface area contributed by atoms with Crippen molar-refractivity contribution < 1.29 is 27.9 Å². The quantitative estimate of drug-likeness (QED) is 0.578. The van der Waals surface area contributed by atoms with Crippen LogP contribution in [0.4, 0.5) is 18.0 Å². The lowest BCUT2D eigenvalue weighted by Crippen LogP contribution is -2.56. The van der Waals surface area contributed by atoms with E-state index in [9.17, 15) is 22.8 Å². The number of rotatable bonds is 5. The molecule has 0 saturated carbocycles. The third-order valence-electron chi connectivity index (χ3n) is 2.88. The van der Waals surface area contributed by atoms with Gasteiger partial charge < -0.3 is 10.4 Å². The van der Waals surface area contributed by atoms with Crippen LogP contribution in [0.2, 0.25) is 0 Å². The van der Waals surface area contributed by atoms with Gasteiger partial charge in [-0.3, -0.25) is 9.69 Å². The number of carbonyl (C=O) groups excluding carboxylic acids is 2. The summed E-state index contributed by atoms with van der Waals surface area (Å²) in [6.07, 6.45) is -3.43. The van der Waals surface area contributed by atoms with E-state index in [2.05, 4.69) is 0 Å². The number of nitrogens with zero attached hydrogens (tertiary/aromatic N) is 1. The second-order valence-electron chi connectivity index (χ2n) is 4.29. The molecule has 0 bridgehead atoms. The Morgan fingerprint density at radius 1 is 1.28 bits per heavy atom. The van der Waals surface area contributed by atoms with E-state index in [1.54, 1.807) is 5.32 Å². The Balaban J connectivity index is 2.68. The Hall–Kier alpha value is -1.31. The third-order valence-corrected chi connectivity index (χ3v) is 2.88. The molecule has 1 fully saturated rings. The first-order valence-corrected chi connectivity index (χ1v) is 5.55. The first-order chi connectivity index (χ1) is 8.24. The zero-order valence-electron chi connectivity index (χ0n) is 9.88. The van der Waals surface area contributed by atoms with E-state index < -0.39 is 23.7 Å². The number of imide groups is 1. The molecule has 18 heavy (non-hydrogen) atoms. The number of hydrogen-bond donors (Lipinski definition) is 2. The smallest absolute Gasteiger partial charge is 0.396 e. The highest BCUT2D eigenvalue weighted by Crippen LogP contribution is 2.35. The number of aliphatic hydroxyl groups excluding tert-OH is 1. The fraction of sp³-hybridized carbons (Fsp3) is 0.800. The maximum absolute atomic E-state index is 12.7. The van der Waals surface area contributed by atoms with E-state index in [-0.39, 0.29) is 13.2 Å². The van der Waals surface area contributed by atoms with Crippen LogP contribution in [-0.2, 0) is 4.79 Å². The second kappa shape index (κ2) is 5.13. The van der Waals surface area contributed by atoms with Crippen molar-refractivity contribution >= 4 is 11.9 Å². The van der Waals surface area contributed by atoms with Gasteiger partial charge in [0.1, 0.15) is 0 Å². The average molecular weight is 268 g/mol. The molecule has 1 atom stereocenters. The van der Waals surface area contributed by atoms with Gasteiger partial charge in [-0.05, 0) is 26.2 Å². The standard InChI is InChI=1S/C10H15F3N2O3/c1-9(10(11,12)13)7(17)15(8(18)14-9)5-3-2-4-6-16/h16H,2-6H2,1H3,(H,14,18). The van der Waals surface area contributed by atoms with Crippen LogP contribution < -0.4 is 5.32 Å². The molecule has 0 aromatic rings. The number of amides is 3. The number of hydrogen-bond acceptors (Lipinski definition) is 3. The fourth-order valence-electron chi connectivity index (χ4n) is 1.65. The monoisotopic (exact) mass is 268 g/mol. The Kier molecular flexibility index (Phi) is 4.20. The number of urea groups is 1. The first-order valence-electron chi connectivity index (χ1n) is 5.55. The van der Waals surface area contributed by atoms with Crippen LogP contribution in [0.3, 0.4) is 0 Å². The predicted molar refractivity (Wildman–Crippen MR) is 55.6 cm³/mol. The van der Waals surface area contributed by atoms with Crippen LogP contribution in [-0.4, -0.2) is 46.8 Å². The molecule has 104 valence electrons. The van der Waals surface area contributed by atoms with Crippen molar-refractivity contribution in [1.82, 2.24) is 10.2 Å². The minimum absolute atomic E-state index is 0.0274.